The highest BCUT2D eigenvalue weighted by Gasteiger charge is 2.56. The third-order valence-corrected chi connectivity index (χ3v) is 6.98. The van der Waals surface area contributed by atoms with Gasteiger partial charge in [0.05, 0.1) is 6.54 Å². The van der Waals surface area contributed by atoms with Crippen LogP contribution in [0.2, 0.25) is 0 Å². The number of piperidine rings is 1. The fourth-order valence-electron chi connectivity index (χ4n) is 4.65. The third kappa shape index (κ3) is 3.90. The van der Waals surface area contributed by atoms with Crippen LogP contribution < -0.4 is 5.32 Å². The molecule has 0 bridgehead atoms. The molecule has 28 heavy (non-hydrogen) atoms. The van der Waals surface area contributed by atoms with Gasteiger partial charge in [-0.05, 0) is 72.3 Å². The first-order valence-corrected chi connectivity index (χ1v) is 10.8. The van der Waals surface area contributed by atoms with E-state index in [0.717, 1.165) is 18.9 Å². The number of rotatable bonds is 6. The van der Waals surface area contributed by atoms with Crippen molar-refractivity contribution in [1.29, 1.82) is 0 Å². The zero-order valence-corrected chi connectivity index (χ0v) is 17.6. The average molecular weight is 415 g/mol. The fraction of sp³-hybridized carbons (Fsp3) is 0.409. The summed E-state index contributed by atoms with van der Waals surface area (Å²) in [4.78, 5) is 7.39. The van der Waals surface area contributed by atoms with Gasteiger partial charge < -0.3 is 9.88 Å². The average Bonchev–Trinajstić information content (AvgIpc) is 3.10. The number of thiophene rings is 1. The largest absolute Gasteiger partial charge is 0.317 e. The maximum atomic E-state index is 4.72. The summed E-state index contributed by atoms with van der Waals surface area (Å²) in [6.45, 7) is 4.26. The molecule has 1 saturated heterocycles. The number of benzene rings is 1. The molecule has 1 unspecified atom stereocenters. The number of aromatic nitrogens is 2. The van der Waals surface area contributed by atoms with Gasteiger partial charge in [-0.3, -0.25) is 4.90 Å². The Morgan fingerprint density at radius 3 is 2.71 bits per heavy atom. The fourth-order valence-corrected chi connectivity index (χ4v) is 5.31. The molecule has 1 atom stereocenters. The molecule has 2 fully saturated rings. The molecule has 3 heterocycles. The molecular weight excluding hydrogens is 388 g/mol. The minimum absolute atomic E-state index is 0. The first-order valence-electron chi connectivity index (χ1n) is 9.88. The lowest BCUT2D eigenvalue weighted by Gasteiger charge is -2.29. The van der Waals surface area contributed by atoms with Crippen molar-refractivity contribution < 1.29 is 0 Å². The lowest BCUT2D eigenvalue weighted by molar-refractivity contribution is 0.183. The molecule has 4 nitrogen and oxygen atoms in total. The lowest BCUT2D eigenvalue weighted by atomic mass is 9.93. The number of nitrogens with one attached hydrogen (secondary N) is 1. The predicted molar refractivity (Wildman–Crippen MR) is 117 cm³/mol. The van der Waals surface area contributed by atoms with Crippen molar-refractivity contribution in [1.82, 2.24) is 19.8 Å². The van der Waals surface area contributed by atoms with Crippen molar-refractivity contribution in [2.75, 3.05) is 13.1 Å². The van der Waals surface area contributed by atoms with Crippen LogP contribution in [0.25, 0.3) is 5.69 Å². The Kier molecular flexibility index (Phi) is 5.88. The molecular formula is C22H27ClN4S. The van der Waals surface area contributed by atoms with E-state index in [-0.39, 0.29) is 12.4 Å². The Balaban J connectivity index is 0.00000192. The minimum Gasteiger partial charge on any atom is -0.317 e. The molecule has 2 aromatic heterocycles. The Morgan fingerprint density at radius 2 is 1.96 bits per heavy atom. The summed E-state index contributed by atoms with van der Waals surface area (Å²) in [5.74, 6) is 1.13. The van der Waals surface area contributed by atoms with E-state index < -0.39 is 0 Å². The van der Waals surface area contributed by atoms with Gasteiger partial charge in [-0.2, -0.15) is 11.3 Å². The van der Waals surface area contributed by atoms with Crippen molar-refractivity contribution in [2.45, 2.75) is 38.4 Å². The zero-order valence-electron chi connectivity index (χ0n) is 16.0. The smallest absolute Gasteiger partial charge is 0.127 e. The van der Waals surface area contributed by atoms with Crippen molar-refractivity contribution in [3.63, 3.8) is 0 Å². The number of hydrogen-bond acceptors (Lipinski definition) is 4. The standard InChI is InChI=1S/C22H26N4S.ClH/c1-2-4-19(5-3-1)26-12-11-24-21(26)16-25(15-18-6-13-27-17-18)20-14-22(20)7-9-23-10-8-22;/h1-6,11-13,17,20,23H,7-10,14-16H2;1H. The van der Waals surface area contributed by atoms with Gasteiger partial charge >= 0.3 is 0 Å². The number of nitrogens with zero attached hydrogens (tertiary/aromatic N) is 3. The van der Waals surface area contributed by atoms with Crippen molar-refractivity contribution >= 4 is 23.7 Å². The van der Waals surface area contributed by atoms with Crippen LogP contribution in [-0.2, 0) is 13.1 Å². The predicted octanol–water partition coefficient (Wildman–Crippen LogP) is 4.50. The topological polar surface area (TPSA) is 33.1 Å². The first kappa shape index (κ1) is 19.6. The lowest BCUT2D eigenvalue weighted by Crippen LogP contribution is -2.36. The summed E-state index contributed by atoms with van der Waals surface area (Å²) in [7, 11) is 0. The van der Waals surface area contributed by atoms with Gasteiger partial charge in [-0.25, -0.2) is 4.98 Å². The highest BCUT2D eigenvalue weighted by Crippen LogP contribution is 2.56. The second-order valence-electron chi connectivity index (χ2n) is 7.92. The van der Waals surface area contributed by atoms with Gasteiger partial charge in [0.25, 0.3) is 0 Å². The Bertz CT molecular complexity index is 871. The van der Waals surface area contributed by atoms with Crippen LogP contribution in [0.3, 0.4) is 0 Å². The minimum atomic E-state index is 0. The van der Waals surface area contributed by atoms with E-state index in [1.165, 1.54) is 43.6 Å². The molecule has 0 amide bonds. The van der Waals surface area contributed by atoms with Crippen molar-refractivity contribution in [3.05, 3.63) is 70.9 Å². The van der Waals surface area contributed by atoms with Gasteiger partial charge in [-0.1, -0.05) is 18.2 Å². The van der Waals surface area contributed by atoms with Gasteiger partial charge in [0.15, 0.2) is 0 Å². The van der Waals surface area contributed by atoms with E-state index in [0.29, 0.717) is 11.5 Å². The molecule has 1 spiro atoms. The van der Waals surface area contributed by atoms with Crippen molar-refractivity contribution in [3.8, 4) is 5.69 Å². The first-order chi connectivity index (χ1) is 13.3. The molecule has 1 aliphatic heterocycles. The van der Waals surface area contributed by atoms with Crippen LogP contribution in [0.4, 0.5) is 0 Å². The van der Waals surface area contributed by atoms with Crippen LogP contribution in [-0.4, -0.2) is 33.6 Å². The summed E-state index contributed by atoms with van der Waals surface area (Å²) in [5, 5.41) is 8.00. The number of imidazole rings is 1. The maximum absolute atomic E-state index is 4.72. The normalized spacial score (nSPS) is 20.2. The Hall–Kier alpha value is -1.66. The van der Waals surface area contributed by atoms with Crippen LogP contribution in [0.5, 0.6) is 0 Å². The monoisotopic (exact) mass is 414 g/mol. The summed E-state index contributed by atoms with van der Waals surface area (Å²) in [6.07, 6.45) is 7.97. The molecule has 6 heteroatoms. The summed E-state index contributed by atoms with van der Waals surface area (Å²) in [5.41, 5.74) is 3.15. The van der Waals surface area contributed by atoms with Gasteiger partial charge in [0.1, 0.15) is 5.82 Å². The highest BCUT2D eigenvalue weighted by atomic mass is 35.5. The summed E-state index contributed by atoms with van der Waals surface area (Å²) < 4.78 is 2.23. The number of hydrogen-bond donors (Lipinski definition) is 1. The molecule has 2 aliphatic rings. The van der Waals surface area contributed by atoms with E-state index in [9.17, 15) is 0 Å². The molecule has 3 aromatic rings. The summed E-state index contributed by atoms with van der Waals surface area (Å²) in [6, 6.07) is 13.5. The Labute approximate surface area is 177 Å². The van der Waals surface area contributed by atoms with Gasteiger partial charge in [-0.15, -0.1) is 12.4 Å². The van der Waals surface area contributed by atoms with E-state index in [1.54, 1.807) is 11.3 Å². The molecule has 1 aliphatic carbocycles. The zero-order chi connectivity index (χ0) is 18.1. The molecule has 1 N–H and O–H groups in total. The Morgan fingerprint density at radius 1 is 1.14 bits per heavy atom. The van der Waals surface area contributed by atoms with E-state index in [2.05, 4.69) is 68.1 Å². The van der Waals surface area contributed by atoms with Crippen LogP contribution in [0.1, 0.15) is 30.7 Å². The molecule has 0 radical (unpaired) electrons. The SMILES string of the molecule is Cl.c1ccc(-n2ccnc2CN(Cc2ccsc2)C2CC23CCNCC3)cc1. The second kappa shape index (κ2) is 8.37. The summed E-state index contributed by atoms with van der Waals surface area (Å²) >= 11 is 1.79. The third-order valence-electron chi connectivity index (χ3n) is 6.25. The highest BCUT2D eigenvalue weighted by molar-refractivity contribution is 7.07. The number of para-hydroxylation sites is 1. The van der Waals surface area contributed by atoms with E-state index in [4.69, 9.17) is 4.98 Å². The van der Waals surface area contributed by atoms with Gasteiger partial charge in [0, 0.05) is 30.7 Å². The molecule has 1 saturated carbocycles. The van der Waals surface area contributed by atoms with E-state index in [1.807, 2.05) is 6.20 Å². The molecule has 148 valence electrons. The second-order valence-corrected chi connectivity index (χ2v) is 8.70. The van der Waals surface area contributed by atoms with Crippen LogP contribution in [0.15, 0.2) is 59.6 Å². The molecule has 5 rings (SSSR count). The van der Waals surface area contributed by atoms with E-state index >= 15 is 0 Å². The maximum Gasteiger partial charge on any atom is 0.127 e. The number of halogens is 1. The van der Waals surface area contributed by atoms with Crippen molar-refractivity contribution in [2.24, 2.45) is 5.41 Å². The molecule has 1 aromatic carbocycles. The quantitative estimate of drug-likeness (QED) is 0.644. The van der Waals surface area contributed by atoms with Crippen LogP contribution in [0, 0.1) is 5.41 Å². The van der Waals surface area contributed by atoms with Crippen LogP contribution >= 0.6 is 23.7 Å². The van der Waals surface area contributed by atoms with Gasteiger partial charge in [0.2, 0.25) is 0 Å².